The fourth-order valence-electron chi connectivity index (χ4n) is 2.09. The van der Waals surface area contributed by atoms with E-state index in [1.165, 1.54) is 6.07 Å². The summed E-state index contributed by atoms with van der Waals surface area (Å²) in [6, 6.07) is 6.51. The quantitative estimate of drug-likeness (QED) is 0.882. The summed E-state index contributed by atoms with van der Waals surface area (Å²) in [5, 5.41) is 13.6. The number of benzene rings is 1. The molecule has 0 saturated heterocycles. The van der Waals surface area contributed by atoms with E-state index in [-0.39, 0.29) is 12.2 Å². The third kappa shape index (κ3) is 4.13. The minimum absolute atomic E-state index is 0.279. The molecule has 0 radical (unpaired) electrons. The number of nitrogens with zero attached hydrogens (tertiary/aromatic N) is 2. The van der Waals surface area contributed by atoms with Crippen LogP contribution >= 0.6 is 0 Å². The van der Waals surface area contributed by atoms with Crippen molar-refractivity contribution in [1.29, 1.82) is 0 Å². The van der Waals surface area contributed by atoms with Gasteiger partial charge in [0.1, 0.15) is 5.82 Å². The molecule has 1 aromatic carbocycles. The first kappa shape index (κ1) is 14.7. The Morgan fingerprint density at radius 1 is 1.30 bits per heavy atom. The molecule has 0 amide bonds. The average molecular weight is 278 g/mol. The van der Waals surface area contributed by atoms with Crippen molar-refractivity contribution >= 4 is 0 Å². The van der Waals surface area contributed by atoms with Crippen LogP contribution in [0, 0.1) is 11.7 Å². The van der Waals surface area contributed by atoms with E-state index >= 15 is 0 Å². The second kappa shape index (κ2) is 6.61. The smallest absolute Gasteiger partial charge is 0.229 e. The van der Waals surface area contributed by atoms with Crippen molar-refractivity contribution in [2.45, 2.75) is 39.2 Å². The molecular formula is C15H19FN2O2. The Labute approximate surface area is 117 Å². The minimum atomic E-state index is -0.489. The van der Waals surface area contributed by atoms with E-state index in [1.807, 2.05) is 13.8 Å². The predicted molar refractivity (Wildman–Crippen MR) is 72.7 cm³/mol. The van der Waals surface area contributed by atoms with Gasteiger partial charge in [0.2, 0.25) is 5.89 Å². The highest BCUT2D eigenvalue weighted by Crippen LogP contribution is 2.13. The molecule has 0 bridgehead atoms. The van der Waals surface area contributed by atoms with Crippen LogP contribution in [0.2, 0.25) is 0 Å². The van der Waals surface area contributed by atoms with Crippen LogP contribution < -0.4 is 0 Å². The fraction of sp³-hybridized carbons (Fsp3) is 0.467. The van der Waals surface area contributed by atoms with Crippen molar-refractivity contribution in [2.24, 2.45) is 5.92 Å². The molecule has 1 atom stereocenters. The van der Waals surface area contributed by atoms with Gasteiger partial charge in [0.15, 0.2) is 5.82 Å². The number of aromatic nitrogens is 2. The van der Waals surface area contributed by atoms with E-state index in [4.69, 9.17) is 4.52 Å². The second-order valence-electron chi connectivity index (χ2n) is 5.36. The number of hydrogen-bond acceptors (Lipinski definition) is 4. The third-order valence-corrected chi connectivity index (χ3v) is 2.97. The highest BCUT2D eigenvalue weighted by molar-refractivity contribution is 5.20. The monoisotopic (exact) mass is 278 g/mol. The van der Waals surface area contributed by atoms with E-state index in [1.54, 1.807) is 18.2 Å². The molecule has 1 N–H and O–H groups in total. The average Bonchev–Trinajstić information content (AvgIpc) is 2.78. The maximum Gasteiger partial charge on any atom is 0.229 e. The standard InChI is InChI=1S/C15H19FN2O2/c1-10(2)7-12(19)9-15-17-14(18-20-15)8-11-5-3-4-6-13(11)16/h3-6,10,12,19H,7-9H2,1-2H3. The molecule has 108 valence electrons. The fourth-order valence-corrected chi connectivity index (χ4v) is 2.09. The van der Waals surface area contributed by atoms with Crippen LogP contribution in [0.1, 0.15) is 37.5 Å². The largest absolute Gasteiger partial charge is 0.393 e. The third-order valence-electron chi connectivity index (χ3n) is 2.97. The summed E-state index contributed by atoms with van der Waals surface area (Å²) < 4.78 is 18.6. The Hall–Kier alpha value is -1.75. The lowest BCUT2D eigenvalue weighted by molar-refractivity contribution is 0.138. The molecule has 2 rings (SSSR count). The minimum Gasteiger partial charge on any atom is -0.393 e. The van der Waals surface area contributed by atoms with Gasteiger partial charge in [-0.05, 0) is 24.0 Å². The Morgan fingerprint density at radius 3 is 2.75 bits per heavy atom. The van der Waals surface area contributed by atoms with Crippen molar-refractivity contribution in [3.63, 3.8) is 0 Å². The summed E-state index contributed by atoms with van der Waals surface area (Å²) in [7, 11) is 0. The molecule has 5 heteroatoms. The zero-order valence-corrected chi connectivity index (χ0v) is 11.7. The first-order chi connectivity index (χ1) is 9.54. The van der Waals surface area contributed by atoms with E-state index in [0.717, 1.165) is 0 Å². The van der Waals surface area contributed by atoms with E-state index in [9.17, 15) is 9.50 Å². The van der Waals surface area contributed by atoms with Gasteiger partial charge >= 0.3 is 0 Å². The number of aliphatic hydroxyl groups excluding tert-OH is 1. The lowest BCUT2D eigenvalue weighted by Crippen LogP contribution is -2.13. The maximum absolute atomic E-state index is 13.5. The van der Waals surface area contributed by atoms with Gasteiger partial charge in [-0.3, -0.25) is 0 Å². The SMILES string of the molecule is CC(C)CC(O)Cc1nc(Cc2ccccc2F)no1. The molecule has 20 heavy (non-hydrogen) atoms. The van der Waals surface area contributed by atoms with Crippen LogP contribution in [0.15, 0.2) is 28.8 Å². The van der Waals surface area contributed by atoms with Crippen LogP contribution in [-0.4, -0.2) is 21.4 Å². The van der Waals surface area contributed by atoms with Gasteiger partial charge in [0.05, 0.1) is 12.5 Å². The van der Waals surface area contributed by atoms with Crippen LogP contribution in [-0.2, 0) is 12.8 Å². The van der Waals surface area contributed by atoms with Crippen LogP contribution in [0.4, 0.5) is 4.39 Å². The summed E-state index contributed by atoms with van der Waals surface area (Å²) in [5.41, 5.74) is 0.530. The number of hydrogen-bond donors (Lipinski definition) is 1. The zero-order valence-electron chi connectivity index (χ0n) is 11.7. The van der Waals surface area contributed by atoms with Gasteiger partial charge in [0.25, 0.3) is 0 Å². The van der Waals surface area contributed by atoms with Crippen molar-refractivity contribution in [3.8, 4) is 0 Å². The molecule has 0 fully saturated rings. The number of rotatable bonds is 6. The maximum atomic E-state index is 13.5. The highest BCUT2D eigenvalue weighted by atomic mass is 19.1. The summed E-state index contributed by atoms with van der Waals surface area (Å²) in [4.78, 5) is 4.19. The Morgan fingerprint density at radius 2 is 2.05 bits per heavy atom. The topological polar surface area (TPSA) is 59.2 Å². The lowest BCUT2D eigenvalue weighted by Gasteiger charge is -2.09. The molecule has 0 aliphatic heterocycles. The van der Waals surface area contributed by atoms with Gasteiger partial charge in [-0.15, -0.1) is 0 Å². The summed E-state index contributed by atoms with van der Waals surface area (Å²) in [6.45, 7) is 4.08. The van der Waals surface area contributed by atoms with Gasteiger partial charge in [0, 0.05) is 6.42 Å². The molecule has 1 heterocycles. The molecule has 2 aromatic rings. The zero-order chi connectivity index (χ0) is 14.5. The molecular weight excluding hydrogens is 259 g/mol. The number of halogens is 1. The van der Waals surface area contributed by atoms with Gasteiger partial charge in [-0.2, -0.15) is 4.98 Å². The molecule has 0 aliphatic carbocycles. The van der Waals surface area contributed by atoms with Crippen LogP contribution in [0.5, 0.6) is 0 Å². The summed E-state index contributed by atoms with van der Waals surface area (Å²) >= 11 is 0. The molecule has 1 unspecified atom stereocenters. The normalized spacial score (nSPS) is 12.8. The predicted octanol–water partition coefficient (Wildman–Crippen LogP) is 2.75. The second-order valence-corrected chi connectivity index (χ2v) is 5.36. The van der Waals surface area contributed by atoms with Crippen molar-refractivity contribution in [2.75, 3.05) is 0 Å². The number of aliphatic hydroxyl groups is 1. The first-order valence-electron chi connectivity index (χ1n) is 6.77. The first-order valence-corrected chi connectivity index (χ1v) is 6.77. The molecule has 0 saturated carbocycles. The van der Waals surface area contributed by atoms with Crippen molar-refractivity contribution in [1.82, 2.24) is 10.1 Å². The van der Waals surface area contributed by atoms with Crippen molar-refractivity contribution < 1.29 is 14.0 Å². The molecule has 0 aliphatic rings. The van der Waals surface area contributed by atoms with Gasteiger partial charge < -0.3 is 9.63 Å². The van der Waals surface area contributed by atoms with Crippen molar-refractivity contribution in [3.05, 3.63) is 47.4 Å². The Kier molecular flexibility index (Phi) is 4.84. The molecule has 4 nitrogen and oxygen atoms in total. The lowest BCUT2D eigenvalue weighted by atomic mass is 10.0. The summed E-state index contributed by atoms with van der Waals surface area (Å²) in [6.07, 6.45) is 0.820. The van der Waals surface area contributed by atoms with Crippen LogP contribution in [0.3, 0.4) is 0 Å². The van der Waals surface area contributed by atoms with E-state index in [2.05, 4.69) is 10.1 Å². The Bertz CT molecular complexity index is 554. The molecule has 0 spiro atoms. The summed E-state index contributed by atoms with van der Waals surface area (Å²) in [5.74, 6) is 0.954. The highest BCUT2D eigenvalue weighted by Gasteiger charge is 2.14. The van der Waals surface area contributed by atoms with Crippen LogP contribution in [0.25, 0.3) is 0 Å². The molecule has 1 aromatic heterocycles. The van der Waals surface area contributed by atoms with E-state index in [0.29, 0.717) is 36.0 Å². The van der Waals surface area contributed by atoms with E-state index < -0.39 is 6.10 Å². The van der Waals surface area contributed by atoms with Gasteiger partial charge in [-0.1, -0.05) is 37.2 Å². The van der Waals surface area contributed by atoms with Gasteiger partial charge in [-0.25, -0.2) is 4.39 Å². The Balaban J connectivity index is 1.97.